The number of benzene rings is 1. The van der Waals surface area contributed by atoms with Crippen LogP contribution >= 0.6 is 0 Å². The van der Waals surface area contributed by atoms with Gasteiger partial charge in [-0.15, -0.1) is 0 Å². The zero-order valence-corrected chi connectivity index (χ0v) is 13.8. The maximum Gasteiger partial charge on any atom is 0.162 e. The van der Waals surface area contributed by atoms with Crippen LogP contribution in [-0.4, -0.2) is 61.3 Å². The summed E-state index contributed by atoms with van der Waals surface area (Å²) in [7, 11) is 7.33. The number of rotatable bonds is 6. The van der Waals surface area contributed by atoms with Gasteiger partial charge in [-0.05, 0) is 20.2 Å². The van der Waals surface area contributed by atoms with Gasteiger partial charge in [0.25, 0.3) is 0 Å². The molecule has 0 aliphatic carbocycles. The first kappa shape index (κ1) is 15.4. The van der Waals surface area contributed by atoms with Gasteiger partial charge >= 0.3 is 0 Å². The number of H-pyrrole nitrogens is 1. The molecule has 0 atom stereocenters. The Morgan fingerprint density at radius 1 is 1.13 bits per heavy atom. The van der Waals surface area contributed by atoms with Crippen LogP contribution in [-0.2, 0) is 0 Å². The number of nitrogens with zero attached hydrogens (tertiary/aromatic N) is 3. The minimum absolute atomic E-state index is 0.682. The second kappa shape index (κ2) is 6.29. The van der Waals surface area contributed by atoms with Crippen LogP contribution in [0, 0.1) is 0 Å². The molecule has 3 aromatic rings. The molecule has 7 nitrogen and oxygen atoms in total. The third kappa shape index (κ3) is 2.87. The van der Waals surface area contributed by atoms with Gasteiger partial charge < -0.3 is 24.7 Å². The van der Waals surface area contributed by atoms with E-state index in [1.807, 2.05) is 26.2 Å². The predicted molar refractivity (Wildman–Crippen MR) is 91.5 cm³/mol. The highest BCUT2D eigenvalue weighted by molar-refractivity contribution is 6.09. The van der Waals surface area contributed by atoms with E-state index in [9.17, 15) is 0 Å². The van der Waals surface area contributed by atoms with Crippen LogP contribution in [0.1, 0.15) is 0 Å². The van der Waals surface area contributed by atoms with Crippen LogP contribution in [0.2, 0.25) is 0 Å². The summed E-state index contributed by atoms with van der Waals surface area (Å²) in [6.07, 6.45) is 1.57. The van der Waals surface area contributed by atoms with E-state index in [-0.39, 0.29) is 0 Å². The molecule has 0 aliphatic heterocycles. The number of likely N-dealkylation sites (N-methyl/N-ethyl adjacent to an activating group) is 1. The largest absolute Gasteiger partial charge is 0.493 e. The van der Waals surface area contributed by atoms with E-state index in [2.05, 4.69) is 25.2 Å². The maximum atomic E-state index is 5.38. The molecule has 2 aromatic heterocycles. The Hall–Kier alpha value is -2.54. The lowest BCUT2D eigenvalue weighted by molar-refractivity contribution is 0.356. The van der Waals surface area contributed by atoms with E-state index < -0.39 is 0 Å². The monoisotopic (exact) mass is 315 g/mol. The predicted octanol–water partition coefficient (Wildman–Crippen LogP) is 2.10. The van der Waals surface area contributed by atoms with E-state index in [0.29, 0.717) is 11.5 Å². The summed E-state index contributed by atoms with van der Waals surface area (Å²) in [6, 6.07) is 3.85. The third-order valence-corrected chi connectivity index (χ3v) is 3.74. The van der Waals surface area contributed by atoms with Gasteiger partial charge in [0.05, 0.1) is 19.7 Å². The molecule has 7 heteroatoms. The average Bonchev–Trinajstić information content (AvgIpc) is 2.91. The highest BCUT2D eigenvalue weighted by atomic mass is 16.5. The van der Waals surface area contributed by atoms with Crippen LogP contribution in [0.5, 0.6) is 11.5 Å². The lowest BCUT2D eigenvalue weighted by atomic mass is 10.2. The van der Waals surface area contributed by atoms with E-state index in [1.165, 1.54) is 0 Å². The van der Waals surface area contributed by atoms with Crippen molar-refractivity contribution in [3.63, 3.8) is 0 Å². The molecule has 0 unspecified atom stereocenters. The summed E-state index contributed by atoms with van der Waals surface area (Å²) in [5, 5.41) is 4.33. The van der Waals surface area contributed by atoms with Crippen LogP contribution < -0.4 is 14.8 Å². The van der Waals surface area contributed by atoms with Crippen molar-refractivity contribution < 1.29 is 9.47 Å². The van der Waals surface area contributed by atoms with Crippen molar-refractivity contribution in [3.05, 3.63) is 18.5 Å². The topological polar surface area (TPSA) is 75.3 Å². The van der Waals surface area contributed by atoms with Crippen molar-refractivity contribution in [1.82, 2.24) is 19.9 Å². The van der Waals surface area contributed by atoms with Crippen molar-refractivity contribution in [2.24, 2.45) is 0 Å². The third-order valence-electron chi connectivity index (χ3n) is 3.74. The van der Waals surface area contributed by atoms with Crippen molar-refractivity contribution in [1.29, 1.82) is 0 Å². The first-order chi connectivity index (χ1) is 11.1. The van der Waals surface area contributed by atoms with Crippen molar-refractivity contribution in [2.45, 2.75) is 0 Å². The number of anilines is 1. The lowest BCUT2D eigenvalue weighted by Gasteiger charge is -2.10. The number of nitrogens with one attached hydrogen (secondary N) is 2. The van der Waals surface area contributed by atoms with Crippen LogP contribution in [0.15, 0.2) is 18.5 Å². The van der Waals surface area contributed by atoms with Crippen LogP contribution in [0.25, 0.3) is 21.9 Å². The molecule has 1 aromatic carbocycles. The van der Waals surface area contributed by atoms with Gasteiger partial charge in [-0.1, -0.05) is 0 Å². The van der Waals surface area contributed by atoms with E-state index in [0.717, 1.165) is 40.8 Å². The zero-order valence-electron chi connectivity index (χ0n) is 13.8. The van der Waals surface area contributed by atoms with Crippen molar-refractivity contribution in [3.8, 4) is 11.5 Å². The second-order valence-corrected chi connectivity index (χ2v) is 5.55. The molecule has 0 radical (unpaired) electrons. The minimum Gasteiger partial charge on any atom is -0.493 e. The molecule has 0 aliphatic rings. The first-order valence-corrected chi connectivity index (χ1v) is 7.41. The Balaban J connectivity index is 2.07. The first-order valence-electron chi connectivity index (χ1n) is 7.41. The fraction of sp³-hybridized carbons (Fsp3) is 0.375. The van der Waals surface area contributed by atoms with Crippen LogP contribution in [0.3, 0.4) is 0 Å². The number of hydrogen-bond acceptors (Lipinski definition) is 6. The molecular formula is C16H21N5O2. The molecule has 0 saturated carbocycles. The summed E-state index contributed by atoms with van der Waals surface area (Å²) in [5.41, 5.74) is 2.69. The normalized spacial score (nSPS) is 11.3. The number of aromatic nitrogens is 3. The van der Waals surface area contributed by atoms with Gasteiger partial charge in [-0.2, -0.15) is 0 Å². The molecular weight excluding hydrogens is 294 g/mol. The van der Waals surface area contributed by atoms with Gasteiger partial charge in [-0.25, -0.2) is 9.97 Å². The lowest BCUT2D eigenvalue weighted by Crippen LogP contribution is -2.21. The Kier molecular flexibility index (Phi) is 4.20. The van der Waals surface area contributed by atoms with Gasteiger partial charge in [-0.3, -0.25) is 0 Å². The van der Waals surface area contributed by atoms with Crippen molar-refractivity contribution >= 4 is 27.8 Å². The molecule has 0 fully saturated rings. The molecule has 3 rings (SSSR count). The highest BCUT2D eigenvalue weighted by Crippen LogP contribution is 2.36. The second-order valence-electron chi connectivity index (χ2n) is 5.55. The SMILES string of the molecule is COc1cc2[nH]c3c(NCCN(C)C)ncnc3c2cc1OC. The summed E-state index contributed by atoms with van der Waals surface area (Å²) >= 11 is 0. The number of aromatic amines is 1. The van der Waals surface area contributed by atoms with E-state index in [4.69, 9.17) is 9.47 Å². The maximum absolute atomic E-state index is 5.38. The molecule has 0 saturated heterocycles. The molecule has 0 spiro atoms. The summed E-state index contributed by atoms with van der Waals surface area (Å²) in [4.78, 5) is 14.3. The van der Waals surface area contributed by atoms with Gasteiger partial charge in [0, 0.05) is 24.5 Å². The minimum atomic E-state index is 0.682. The number of fused-ring (bicyclic) bond motifs is 3. The van der Waals surface area contributed by atoms with E-state index >= 15 is 0 Å². The molecule has 122 valence electrons. The average molecular weight is 315 g/mol. The zero-order chi connectivity index (χ0) is 16.4. The number of hydrogen-bond donors (Lipinski definition) is 2. The standard InChI is InChI=1S/C16H21N5O2/c1-21(2)6-5-17-16-15-14(18-9-19-16)10-7-12(22-3)13(23-4)8-11(10)20-15/h7-9,20H,5-6H2,1-4H3,(H,17,18,19). The fourth-order valence-corrected chi connectivity index (χ4v) is 2.55. The van der Waals surface area contributed by atoms with E-state index in [1.54, 1.807) is 20.5 Å². The Morgan fingerprint density at radius 2 is 1.87 bits per heavy atom. The Morgan fingerprint density at radius 3 is 2.57 bits per heavy atom. The number of ether oxygens (including phenoxy) is 2. The van der Waals surface area contributed by atoms with Crippen molar-refractivity contribution in [2.75, 3.05) is 46.7 Å². The molecule has 0 bridgehead atoms. The quantitative estimate of drug-likeness (QED) is 0.725. The fourth-order valence-electron chi connectivity index (χ4n) is 2.55. The molecule has 2 N–H and O–H groups in total. The molecule has 23 heavy (non-hydrogen) atoms. The smallest absolute Gasteiger partial charge is 0.162 e. The molecule has 0 amide bonds. The van der Waals surface area contributed by atoms with Crippen LogP contribution in [0.4, 0.5) is 5.82 Å². The van der Waals surface area contributed by atoms with Gasteiger partial charge in [0.2, 0.25) is 0 Å². The number of methoxy groups -OCH3 is 2. The highest BCUT2D eigenvalue weighted by Gasteiger charge is 2.14. The van der Waals surface area contributed by atoms with Gasteiger partial charge in [0.1, 0.15) is 17.4 Å². The Bertz CT molecular complexity index is 828. The molecule has 2 heterocycles. The summed E-state index contributed by atoms with van der Waals surface area (Å²) < 4.78 is 10.7. The summed E-state index contributed by atoms with van der Waals surface area (Å²) in [5.74, 6) is 2.16. The summed E-state index contributed by atoms with van der Waals surface area (Å²) in [6.45, 7) is 1.73. The Labute approximate surface area is 134 Å². The van der Waals surface area contributed by atoms with Gasteiger partial charge in [0.15, 0.2) is 17.3 Å².